The summed E-state index contributed by atoms with van der Waals surface area (Å²) in [5.41, 5.74) is 26.2. The number of benzene rings is 8. The lowest BCUT2D eigenvalue weighted by molar-refractivity contribution is 0.195. The first-order valence-corrected chi connectivity index (χ1v) is 30.9. The summed E-state index contributed by atoms with van der Waals surface area (Å²) in [5.74, 6) is 0. The molecule has 0 radical (unpaired) electrons. The number of furan rings is 1. The van der Waals surface area contributed by atoms with Gasteiger partial charge in [-0.05, 0) is 163 Å². The number of rotatable bonds is 6. The van der Waals surface area contributed by atoms with E-state index in [2.05, 4.69) is 296 Å². The van der Waals surface area contributed by atoms with Gasteiger partial charge in [0.1, 0.15) is 5.58 Å². The van der Waals surface area contributed by atoms with Crippen molar-refractivity contribution in [3.8, 4) is 22.3 Å². The van der Waals surface area contributed by atoms with E-state index in [1.54, 1.807) is 0 Å². The van der Waals surface area contributed by atoms with Gasteiger partial charge in [-0.3, -0.25) is 0 Å². The molecule has 1 aromatic heterocycles. The Hall–Kier alpha value is -7.24. The van der Waals surface area contributed by atoms with Gasteiger partial charge in [0.15, 0.2) is 0 Å². The van der Waals surface area contributed by atoms with Crippen molar-refractivity contribution in [3.63, 3.8) is 0 Å². The minimum atomic E-state index is -0.219. The Kier molecular flexibility index (Phi) is 12.3. The fourth-order valence-electron chi connectivity index (χ4n) is 14.7. The number of anilines is 8. The lowest BCUT2D eigenvalue weighted by Gasteiger charge is -2.52. The van der Waals surface area contributed by atoms with Gasteiger partial charge in [0.25, 0.3) is 6.71 Å². The van der Waals surface area contributed by atoms with Crippen molar-refractivity contribution in [2.75, 3.05) is 14.7 Å². The van der Waals surface area contributed by atoms with E-state index >= 15 is 0 Å². The molecule has 0 bridgehead atoms. The van der Waals surface area contributed by atoms with Crippen LogP contribution in [0.15, 0.2) is 168 Å². The molecule has 13 rings (SSSR count). The van der Waals surface area contributed by atoms with Crippen molar-refractivity contribution in [2.45, 2.75) is 181 Å². The lowest BCUT2D eigenvalue weighted by atomic mass is 9.35. The highest BCUT2D eigenvalue weighted by Gasteiger charge is 2.62. The van der Waals surface area contributed by atoms with Gasteiger partial charge in [-0.2, -0.15) is 0 Å². The van der Waals surface area contributed by atoms with Crippen molar-refractivity contribution in [1.29, 1.82) is 0 Å². The summed E-state index contributed by atoms with van der Waals surface area (Å²) in [4.78, 5) is 8.15. The maximum atomic E-state index is 7.87. The fraction of sp³-hybridized carbons (Fsp3) is 0.359. The Morgan fingerprint density at radius 3 is 1.45 bits per heavy atom. The molecule has 2 atom stereocenters. The highest BCUT2D eigenvalue weighted by molar-refractivity contribution is 7.00. The molecule has 8 aromatic carbocycles. The molecule has 4 aliphatic rings. The lowest BCUT2D eigenvalue weighted by Crippen LogP contribution is -2.64. The molecule has 2 unspecified atom stereocenters. The van der Waals surface area contributed by atoms with Gasteiger partial charge in [-0.25, -0.2) is 0 Å². The number of hydrogen-bond donors (Lipinski definition) is 0. The Bertz CT molecular complexity index is 3900. The second-order valence-corrected chi connectivity index (χ2v) is 30.6. The molecule has 4 heterocycles. The van der Waals surface area contributed by atoms with Gasteiger partial charge < -0.3 is 19.1 Å². The molecular weight excluding hydrogens is 1010 g/mol. The van der Waals surface area contributed by atoms with Gasteiger partial charge in [0.05, 0.1) is 28.3 Å². The zero-order valence-corrected chi connectivity index (χ0v) is 52.7. The van der Waals surface area contributed by atoms with Crippen molar-refractivity contribution >= 4 is 79.8 Å². The highest BCUT2D eigenvalue weighted by Crippen LogP contribution is 2.64. The minimum Gasteiger partial charge on any atom is -0.468 e. The molecular formula is C78H86BN3O. The summed E-state index contributed by atoms with van der Waals surface area (Å²) in [6.45, 7) is 40.2. The van der Waals surface area contributed by atoms with E-state index in [4.69, 9.17) is 4.42 Å². The second kappa shape index (κ2) is 18.6. The van der Waals surface area contributed by atoms with Crippen molar-refractivity contribution in [2.24, 2.45) is 0 Å². The van der Waals surface area contributed by atoms with Gasteiger partial charge >= 0.3 is 0 Å². The Labute approximate surface area is 497 Å². The fourth-order valence-corrected chi connectivity index (χ4v) is 14.7. The topological polar surface area (TPSA) is 22.9 Å². The molecule has 0 N–H and O–H groups in total. The van der Waals surface area contributed by atoms with E-state index in [0.29, 0.717) is 0 Å². The zero-order valence-electron chi connectivity index (χ0n) is 52.7. The number of fused-ring (bicyclic) bond motifs is 9. The molecule has 3 aliphatic heterocycles. The van der Waals surface area contributed by atoms with Crippen molar-refractivity contribution in [1.82, 2.24) is 0 Å². The first-order valence-electron chi connectivity index (χ1n) is 30.9. The Morgan fingerprint density at radius 1 is 0.446 bits per heavy atom. The molecule has 83 heavy (non-hydrogen) atoms. The van der Waals surface area contributed by atoms with Gasteiger partial charge in [-0.15, -0.1) is 0 Å². The molecule has 4 nitrogen and oxygen atoms in total. The van der Waals surface area contributed by atoms with Crippen LogP contribution in [0.4, 0.5) is 45.5 Å². The van der Waals surface area contributed by atoms with Crippen LogP contribution in [0.25, 0.3) is 33.2 Å². The number of nitrogens with zero attached hydrogens (tertiary/aromatic N) is 3. The first-order chi connectivity index (χ1) is 39.1. The Balaban J connectivity index is 1.24. The van der Waals surface area contributed by atoms with Crippen molar-refractivity contribution in [3.05, 3.63) is 197 Å². The molecule has 1 fully saturated rings. The van der Waals surface area contributed by atoms with E-state index < -0.39 is 0 Å². The second-order valence-electron chi connectivity index (χ2n) is 30.6. The minimum absolute atomic E-state index is 0.00675. The van der Waals surface area contributed by atoms with Crippen LogP contribution in [-0.2, 0) is 32.5 Å². The molecule has 1 aliphatic carbocycles. The number of hydrogen-bond acceptors (Lipinski definition) is 4. The van der Waals surface area contributed by atoms with E-state index in [9.17, 15) is 0 Å². The third kappa shape index (κ3) is 8.66. The molecule has 0 saturated heterocycles. The molecule has 422 valence electrons. The van der Waals surface area contributed by atoms with Gasteiger partial charge in [0.2, 0.25) is 0 Å². The quantitative estimate of drug-likeness (QED) is 0.155. The monoisotopic (exact) mass is 1090 g/mol. The predicted molar refractivity (Wildman–Crippen MR) is 357 cm³/mol. The van der Waals surface area contributed by atoms with Crippen LogP contribution in [0.5, 0.6) is 0 Å². The maximum Gasteiger partial charge on any atom is 0.297 e. The van der Waals surface area contributed by atoms with E-state index in [0.717, 1.165) is 57.9 Å². The van der Waals surface area contributed by atoms with Crippen LogP contribution in [0.1, 0.15) is 177 Å². The van der Waals surface area contributed by atoms with Crippen LogP contribution in [0.2, 0.25) is 0 Å². The third-order valence-electron chi connectivity index (χ3n) is 20.0. The van der Waals surface area contributed by atoms with E-state index in [1.165, 1.54) is 96.5 Å². The van der Waals surface area contributed by atoms with Gasteiger partial charge in [-0.1, -0.05) is 227 Å². The summed E-state index contributed by atoms with van der Waals surface area (Å²) in [6.07, 6.45) is 4.63. The summed E-state index contributed by atoms with van der Waals surface area (Å²) >= 11 is 0. The average Bonchev–Trinajstić information content (AvgIpc) is 1.58. The summed E-state index contributed by atoms with van der Waals surface area (Å²) in [7, 11) is 0. The molecule has 0 amide bonds. The highest BCUT2D eigenvalue weighted by atomic mass is 16.3. The standard InChI is InChI=1S/C78H86BN3O/c1-72(2,3)51-30-35-56(36-31-51)80(57-37-32-52(33-38-57)73(4,5)6)58-47-64-67-65(48-58)82-70-62(77(16)40-24-25-41-78(77,82)17)44-55(76(13,14)15)45-63(70)79(67)71-69(59-39-34-53(74(7,8)9)46-66(59)83-71)81(64)68-60(49-26-20-18-21-27-49)42-54(75(10,11)12)43-61(68)50-28-22-19-23-29-50/h18-23,26-39,42-48H,24-25,40-41H2,1-17H3. The normalized spacial score (nSPS) is 18.5. The summed E-state index contributed by atoms with van der Waals surface area (Å²) in [5, 5.41) is 1.12. The van der Waals surface area contributed by atoms with Crippen LogP contribution in [0.3, 0.4) is 0 Å². The molecule has 5 heteroatoms. The summed E-state index contributed by atoms with van der Waals surface area (Å²) < 4.78 is 7.87. The molecule has 0 spiro atoms. The third-order valence-corrected chi connectivity index (χ3v) is 20.0. The summed E-state index contributed by atoms with van der Waals surface area (Å²) in [6, 6.07) is 63.8. The maximum absolute atomic E-state index is 7.87. The predicted octanol–water partition coefficient (Wildman–Crippen LogP) is 20.1. The first kappa shape index (κ1) is 55.0. The Morgan fingerprint density at radius 2 is 0.928 bits per heavy atom. The smallest absolute Gasteiger partial charge is 0.297 e. The molecule has 9 aromatic rings. The molecule has 1 saturated carbocycles. The van der Waals surface area contributed by atoms with Crippen LogP contribution in [0, 0.1) is 0 Å². The van der Waals surface area contributed by atoms with Crippen LogP contribution < -0.4 is 31.3 Å². The van der Waals surface area contributed by atoms with E-state index in [-0.39, 0.29) is 44.7 Å². The zero-order chi connectivity index (χ0) is 58.7. The van der Waals surface area contributed by atoms with Crippen molar-refractivity contribution < 1.29 is 4.42 Å². The van der Waals surface area contributed by atoms with Gasteiger partial charge in [0, 0.05) is 50.4 Å². The van der Waals surface area contributed by atoms with Crippen LogP contribution >= 0.6 is 0 Å². The SMILES string of the molecule is CC(C)(C)c1ccc(N(c2ccc(C(C)(C)C)cc2)c2cc3c4c(c2)N2c5c(cc(C(C)(C)C)cc5C5(C)CCCCC25C)B4c2oc4cc(C(C)(C)C)ccc4c2N3c2c(-c3ccccc3)cc(C(C)(C)C)cc2-c2ccccc2)cc1. The largest absolute Gasteiger partial charge is 0.468 e. The van der Waals surface area contributed by atoms with Crippen LogP contribution in [-0.4, -0.2) is 12.3 Å². The average molecular weight is 1090 g/mol. The van der Waals surface area contributed by atoms with E-state index in [1.807, 2.05) is 0 Å².